The van der Waals surface area contributed by atoms with E-state index in [2.05, 4.69) is 20.1 Å². The molecule has 3 aromatic rings. The predicted octanol–water partition coefficient (Wildman–Crippen LogP) is 4.71. The lowest BCUT2D eigenvalue weighted by Crippen LogP contribution is -2.21. The third kappa shape index (κ3) is 6.58. The van der Waals surface area contributed by atoms with Crippen molar-refractivity contribution in [3.63, 3.8) is 0 Å². The summed E-state index contributed by atoms with van der Waals surface area (Å²) < 4.78 is 80.3. The van der Waals surface area contributed by atoms with Crippen molar-refractivity contribution in [2.24, 2.45) is 0 Å². The molecule has 0 aliphatic rings. The number of aliphatic hydroxyl groups excluding tert-OH is 1. The van der Waals surface area contributed by atoms with E-state index in [9.17, 15) is 36.6 Å². The second-order valence-electron chi connectivity index (χ2n) is 8.05. The number of nitrogens with one attached hydrogen (secondary N) is 1. The molecule has 13 heteroatoms. The number of pyridine rings is 1. The van der Waals surface area contributed by atoms with Crippen LogP contribution in [0.25, 0.3) is 10.9 Å². The van der Waals surface area contributed by atoms with Crippen LogP contribution in [0.15, 0.2) is 36.5 Å². The Kier molecular flexibility index (Phi) is 7.10. The Hall–Kier alpha value is -2.90. The van der Waals surface area contributed by atoms with Crippen molar-refractivity contribution in [2.45, 2.75) is 51.2 Å². The number of nitrogens with zero attached hydrogens (tertiary/aromatic N) is 3. The Morgan fingerprint density at radius 2 is 1.82 bits per heavy atom. The molecule has 1 unspecified atom stereocenters. The van der Waals surface area contributed by atoms with E-state index in [0.717, 1.165) is 12.1 Å². The van der Waals surface area contributed by atoms with Crippen LogP contribution >= 0.6 is 0 Å². The quantitative estimate of drug-likeness (QED) is 0.240. The van der Waals surface area contributed by atoms with Gasteiger partial charge in [0.2, 0.25) is 0 Å². The number of aryl methyl sites for hydroxylation is 1. The van der Waals surface area contributed by atoms with E-state index in [0.29, 0.717) is 10.9 Å². The van der Waals surface area contributed by atoms with E-state index in [1.807, 2.05) is 0 Å². The highest BCUT2D eigenvalue weighted by molar-refractivity contribution is 5.84. The molecule has 1 aromatic carbocycles. The van der Waals surface area contributed by atoms with Crippen LogP contribution < -0.4 is 5.32 Å². The summed E-state index contributed by atoms with van der Waals surface area (Å²) in [6.45, 7) is 2.53. The minimum atomic E-state index is -4.72. The van der Waals surface area contributed by atoms with Gasteiger partial charge in [-0.1, -0.05) is 6.07 Å². The summed E-state index contributed by atoms with van der Waals surface area (Å²) in [6.07, 6.45) is -9.44. The predicted molar refractivity (Wildman–Crippen MR) is 109 cm³/mol. The van der Waals surface area contributed by atoms with Gasteiger partial charge < -0.3 is 15.5 Å². The molecule has 3 rings (SSSR count). The molecule has 0 spiro atoms. The molecule has 34 heavy (non-hydrogen) atoms. The molecular formula is C21H22F6N4O3. The number of alkyl halides is 6. The van der Waals surface area contributed by atoms with Crippen LogP contribution in [0.1, 0.15) is 43.4 Å². The molecule has 0 fully saturated rings. The van der Waals surface area contributed by atoms with E-state index < -0.39 is 36.7 Å². The lowest BCUT2D eigenvalue weighted by atomic mass is 9.95. The first-order chi connectivity index (χ1) is 15.6. The number of halogens is 6. The van der Waals surface area contributed by atoms with Gasteiger partial charge in [0, 0.05) is 29.4 Å². The number of anilines is 1. The smallest absolute Gasteiger partial charge is 0.386 e. The Bertz CT molecular complexity index is 1140. The molecule has 186 valence electrons. The second kappa shape index (κ2) is 9.39. The molecule has 0 saturated heterocycles. The molecule has 7 nitrogen and oxygen atoms in total. The minimum absolute atomic E-state index is 0.0386. The average molecular weight is 492 g/mol. The number of ether oxygens (including phenoxy) is 1. The van der Waals surface area contributed by atoms with E-state index in [4.69, 9.17) is 0 Å². The maximum Gasteiger partial charge on any atom is 0.522 e. The highest BCUT2D eigenvalue weighted by Gasteiger charge is 2.33. The second-order valence-corrected chi connectivity index (χ2v) is 8.05. The molecule has 0 radical (unpaired) electrons. The van der Waals surface area contributed by atoms with Crippen LogP contribution in [-0.2, 0) is 23.1 Å². The first-order valence-electron chi connectivity index (χ1n) is 10.1. The molecule has 0 amide bonds. The van der Waals surface area contributed by atoms with E-state index >= 15 is 0 Å². The minimum Gasteiger partial charge on any atom is -0.386 e. The fourth-order valence-electron chi connectivity index (χ4n) is 3.26. The number of fused-ring (bicyclic) bond motifs is 1. The lowest BCUT2D eigenvalue weighted by molar-refractivity contribution is -0.324. The van der Waals surface area contributed by atoms with Gasteiger partial charge in [0.15, 0.2) is 6.23 Å². The molecule has 2 heterocycles. The topological polar surface area (TPSA) is 92.4 Å². The van der Waals surface area contributed by atoms with Crippen molar-refractivity contribution in [3.8, 4) is 0 Å². The molecule has 0 aliphatic carbocycles. The molecule has 1 atom stereocenters. The van der Waals surface area contributed by atoms with Gasteiger partial charge in [-0.2, -0.15) is 18.3 Å². The fraction of sp³-hybridized carbons (Fsp3) is 0.429. The lowest BCUT2D eigenvalue weighted by Gasteiger charge is -2.24. The van der Waals surface area contributed by atoms with Crippen LogP contribution in [0.3, 0.4) is 0 Å². The summed E-state index contributed by atoms with van der Waals surface area (Å²) in [5, 5.41) is 28.5. The summed E-state index contributed by atoms with van der Waals surface area (Å²) in [4.78, 5) is 3.45. The zero-order valence-corrected chi connectivity index (χ0v) is 18.1. The third-order valence-electron chi connectivity index (χ3n) is 4.78. The molecule has 3 N–H and O–H groups in total. The van der Waals surface area contributed by atoms with Gasteiger partial charge in [0.25, 0.3) is 0 Å². The molecular weight excluding hydrogens is 470 g/mol. The zero-order chi connectivity index (χ0) is 25.3. The number of hydrogen-bond donors (Lipinski definition) is 3. The monoisotopic (exact) mass is 492 g/mol. The summed E-state index contributed by atoms with van der Waals surface area (Å²) in [5.74, 6) is 0. The largest absolute Gasteiger partial charge is 0.522 e. The number of hydrogen-bond acceptors (Lipinski definition) is 6. The van der Waals surface area contributed by atoms with Crippen molar-refractivity contribution in [3.05, 3.63) is 53.5 Å². The third-order valence-corrected chi connectivity index (χ3v) is 4.78. The zero-order valence-electron chi connectivity index (χ0n) is 18.1. The van der Waals surface area contributed by atoms with E-state index in [1.54, 1.807) is 6.20 Å². The molecule has 2 aromatic heterocycles. The highest BCUT2D eigenvalue weighted by Crippen LogP contribution is 2.34. The molecule has 0 saturated carbocycles. The maximum absolute atomic E-state index is 13.0. The van der Waals surface area contributed by atoms with Crippen LogP contribution in [-0.4, -0.2) is 37.9 Å². The first-order valence-corrected chi connectivity index (χ1v) is 10.1. The van der Waals surface area contributed by atoms with Crippen molar-refractivity contribution < 1.29 is 41.3 Å². The van der Waals surface area contributed by atoms with Gasteiger partial charge in [-0.05, 0) is 44.5 Å². The van der Waals surface area contributed by atoms with Crippen molar-refractivity contribution in [2.75, 3.05) is 11.9 Å². The SMILES string of the molecule is CC(C)(O)c1cc2nn(CCCOC(F)(F)F)cc2cc1NC(O)c1cccc(C(F)(F)F)n1. The van der Waals surface area contributed by atoms with Crippen LogP contribution in [0.2, 0.25) is 0 Å². The average Bonchev–Trinajstić information content (AvgIpc) is 3.10. The van der Waals surface area contributed by atoms with Crippen molar-refractivity contribution in [1.29, 1.82) is 0 Å². The summed E-state index contributed by atoms with van der Waals surface area (Å²) in [5.41, 5.74) is -1.95. The van der Waals surface area contributed by atoms with Crippen molar-refractivity contribution >= 4 is 16.6 Å². The van der Waals surface area contributed by atoms with Crippen LogP contribution in [0, 0.1) is 0 Å². The number of aliphatic hydroxyl groups is 2. The normalized spacial score (nSPS) is 13.9. The maximum atomic E-state index is 13.0. The highest BCUT2D eigenvalue weighted by atomic mass is 19.4. The van der Waals surface area contributed by atoms with Gasteiger partial charge in [-0.15, -0.1) is 13.2 Å². The molecule has 0 aliphatic heterocycles. The van der Waals surface area contributed by atoms with Gasteiger partial charge in [0.1, 0.15) is 5.69 Å². The van der Waals surface area contributed by atoms with E-state index in [-0.39, 0.29) is 29.9 Å². The van der Waals surface area contributed by atoms with Gasteiger partial charge >= 0.3 is 12.5 Å². The van der Waals surface area contributed by atoms with E-state index in [1.165, 1.54) is 36.7 Å². The molecule has 0 bridgehead atoms. The van der Waals surface area contributed by atoms with Crippen LogP contribution in [0.4, 0.5) is 32.0 Å². The Morgan fingerprint density at radius 3 is 2.44 bits per heavy atom. The van der Waals surface area contributed by atoms with Gasteiger partial charge in [-0.3, -0.25) is 9.42 Å². The fourth-order valence-corrected chi connectivity index (χ4v) is 3.26. The Labute approximate surface area is 190 Å². The van der Waals surface area contributed by atoms with Gasteiger partial charge in [-0.25, -0.2) is 4.98 Å². The number of aromatic nitrogens is 3. The Balaban J connectivity index is 1.86. The Morgan fingerprint density at radius 1 is 1.12 bits per heavy atom. The summed E-state index contributed by atoms with van der Waals surface area (Å²) >= 11 is 0. The van der Waals surface area contributed by atoms with Gasteiger partial charge in [0.05, 0.1) is 23.4 Å². The number of rotatable bonds is 8. The van der Waals surface area contributed by atoms with Crippen molar-refractivity contribution in [1.82, 2.24) is 14.8 Å². The number of benzene rings is 1. The standard InChI is InChI=1S/C21H22F6N4O3/c1-19(2,33)13-10-15-12(11-31(30-15)7-4-8-34-21(25,26)27)9-16(13)29-18(32)14-5-3-6-17(28-14)20(22,23)24/h3,5-6,9-11,18,29,32-33H,4,7-8H2,1-2H3. The summed E-state index contributed by atoms with van der Waals surface area (Å²) in [7, 11) is 0. The first kappa shape index (κ1) is 25.7. The summed E-state index contributed by atoms with van der Waals surface area (Å²) in [6, 6.07) is 6.15. The van der Waals surface area contributed by atoms with Crippen LogP contribution in [0.5, 0.6) is 0 Å².